The van der Waals surface area contributed by atoms with Crippen molar-refractivity contribution in [1.29, 1.82) is 0 Å². The number of benzene rings is 1. The van der Waals surface area contributed by atoms with E-state index in [9.17, 15) is 22.8 Å². The largest absolute Gasteiger partial charge is 0.433 e. The molecule has 2 heterocycles. The number of likely N-dealkylation sites (tertiary alicyclic amines) is 1. The molecule has 3 N–H and O–H groups in total. The monoisotopic (exact) mass is 434 g/mol. The van der Waals surface area contributed by atoms with Crippen molar-refractivity contribution in [3.8, 4) is 0 Å². The van der Waals surface area contributed by atoms with Crippen LogP contribution in [0.2, 0.25) is 0 Å². The second kappa shape index (κ2) is 8.66. The van der Waals surface area contributed by atoms with Crippen LogP contribution in [-0.4, -0.2) is 40.3 Å². The summed E-state index contributed by atoms with van der Waals surface area (Å²) in [5, 5.41) is 2.83. The molecule has 0 aliphatic carbocycles. The smallest absolute Gasteiger partial charge is 0.338 e. The quantitative estimate of drug-likeness (QED) is 0.766. The third-order valence-corrected chi connectivity index (χ3v) is 5.53. The molecule has 1 aliphatic rings. The van der Waals surface area contributed by atoms with Crippen molar-refractivity contribution in [3.05, 3.63) is 59.4 Å². The number of rotatable bonds is 4. The molecule has 166 valence electrons. The highest BCUT2D eigenvalue weighted by Gasteiger charge is 2.39. The summed E-state index contributed by atoms with van der Waals surface area (Å²) in [5.74, 6) is -0.381. The van der Waals surface area contributed by atoms with E-state index >= 15 is 0 Å². The Morgan fingerprint density at radius 2 is 1.71 bits per heavy atom. The Hall–Kier alpha value is -2.94. The van der Waals surface area contributed by atoms with E-state index in [0.717, 1.165) is 23.9 Å². The second-order valence-electron chi connectivity index (χ2n) is 8.11. The topological polar surface area (TPSA) is 88.3 Å². The number of anilines is 1. The zero-order valence-corrected chi connectivity index (χ0v) is 17.4. The molecule has 0 radical (unpaired) electrons. The molecule has 31 heavy (non-hydrogen) atoms. The standard InChI is InChI=1S/C22H25F3N4O2/c1-14(2)15-3-6-17(7-4-15)28-20(31)21(26)9-11-29(12-10-21)19(30)16-5-8-18(27-13-16)22(23,24)25/h3-8,13-14H,9-12,26H2,1-2H3,(H,28,31). The molecule has 6 nitrogen and oxygen atoms in total. The number of nitrogens with one attached hydrogen (secondary N) is 1. The van der Waals surface area contributed by atoms with Crippen LogP contribution in [0, 0.1) is 0 Å². The van der Waals surface area contributed by atoms with E-state index in [2.05, 4.69) is 24.1 Å². The van der Waals surface area contributed by atoms with Gasteiger partial charge in [0, 0.05) is 25.0 Å². The van der Waals surface area contributed by atoms with Crippen LogP contribution in [0.25, 0.3) is 0 Å². The van der Waals surface area contributed by atoms with Crippen LogP contribution in [0.3, 0.4) is 0 Å². The predicted octanol–water partition coefficient (Wildman–Crippen LogP) is 3.80. The maximum absolute atomic E-state index is 12.7. The lowest BCUT2D eigenvalue weighted by molar-refractivity contribution is -0.141. The fourth-order valence-electron chi connectivity index (χ4n) is 3.41. The first-order chi connectivity index (χ1) is 14.5. The summed E-state index contributed by atoms with van der Waals surface area (Å²) < 4.78 is 37.9. The van der Waals surface area contributed by atoms with Gasteiger partial charge in [0.25, 0.3) is 5.91 Å². The molecular weight excluding hydrogens is 409 g/mol. The zero-order chi connectivity index (χ0) is 22.8. The Kier molecular flexibility index (Phi) is 6.35. The number of carbonyl (C=O) groups is 2. The van der Waals surface area contributed by atoms with Gasteiger partial charge in [0.05, 0.1) is 11.1 Å². The van der Waals surface area contributed by atoms with Gasteiger partial charge in [0.1, 0.15) is 5.69 Å². The molecule has 9 heteroatoms. The highest BCUT2D eigenvalue weighted by atomic mass is 19.4. The zero-order valence-electron chi connectivity index (χ0n) is 17.4. The van der Waals surface area contributed by atoms with Crippen LogP contribution >= 0.6 is 0 Å². The van der Waals surface area contributed by atoms with E-state index in [1.165, 1.54) is 4.90 Å². The van der Waals surface area contributed by atoms with E-state index in [0.29, 0.717) is 11.6 Å². The van der Waals surface area contributed by atoms with Gasteiger partial charge in [0.2, 0.25) is 5.91 Å². The van der Waals surface area contributed by atoms with Crippen LogP contribution < -0.4 is 11.1 Å². The Bertz CT molecular complexity index is 933. The lowest BCUT2D eigenvalue weighted by Crippen LogP contribution is -2.58. The number of nitrogens with two attached hydrogens (primary N) is 1. The first-order valence-electron chi connectivity index (χ1n) is 10.0. The second-order valence-corrected chi connectivity index (χ2v) is 8.11. The number of alkyl halides is 3. The number of hydrogen-bond acceptors (Lipinski definition) is 4. The predicted molar refractivity (Wildman–Crippen MR) is 110 cm³/mol. The maximum atomic E-state index is 12.7. The summed E-state index contributed by atoms with van der Waals surface area (Å²) >= 11 is 0. The molecule has 0 atom stereocenters. The van der Waals surface area contributed by atoms with Gasteiger partial charge in [-0.3, -0.25) is 14.6 Å². The van der Waals surface area contributed by atoms with Gasteiger partial charge in [-0.15, -0.1) is 0 Å². The highest BCUT2D eigenvalue weighted by Crippen LogP contribution is 2.28. The van der Waals surface area contributed by atoms with Gasteiger partial charge >= 0.3 is 6.18 Å². The molecule has 2 aromatic rings. The number of piperidine rings is 1. The molecule has 1 aliphatic heterocycles. The first-order valence-corrected chi connectivity index (χ1v) is 10.0. The summed E-state index contributed by atoms with van der Waals surface area (Å²) in [7, 11) is 0. The fourth-order valence-corrected chi connectivity index (χ4v) is 3.41. The van der Waals surface area contributed by atoms with Gasteiger partial charge in [-0.1, -0.05) is 26.0 Å². The number of carbonyl (C=O) groups excluding carboxylic acids is 2. The van der Waals surface area contributed by atoms with Crippen LogP contribution in [0.5, 0.6) is 0 Å². The number of halogens is 3. The maximum Gasteiger partial charge on any atom is 0.433 e. The van der Waals surface area contributed by atoms with Crippen molar-refractivity contribution in [2.75, 3.05) is 18.4 Å². The van der Waals surface area contributed by atoms with E-state index in [4.69, 9.17) is 5.73 Å². The molecule has 0 saturated carbocycles. The molecule has 0 bridgehead atoms. The average molecular weight is 434 g/mol. The van der Waals surface area contributed by atoms with Gasteiger partial charge in [0.15, 0.2) is 0 Å². The minimum Gasteiger partial charge on any atom is -0.338 e. The minimum absolute atomic E-state index is 0.0622. The Labute approximate surface area is 178 Å². The van der Waals surface area contributed by atoms with Crippen molar-refractivity contribution >= 4 is 17.5 Å². The average Bonchev–Trinajstić information content (AvgIpc) is 2.73. The Balaban J connectivity index is 1.59. The third-order valence-electron chi connectivity index (χ3n) is 5.53. The van der Waals surface area contributed by atoms with Crippen molar-refractivity contribution in [1.82, 2.24) is 9.88 Å². The SMILES string of the molecule is CC(C)c1ccc(NC(=O)C2(N)CCN(C(=O)c3ccc(C(F)(F)F)nc3)CC2)cc1. The van der Waals surface area contributed by atoms with Crippen molar-refractivity contribution < 1.29 is 22.8 Å². The normalized spacial score (nSPS) is 16.3. The lowest BCUT2D eigenvalue weighted by Gasteiger charge is -2.38. The number of nitrogens with zero attached hydrogens (tertiary/aromatic N) is 2. The van der Waals surface area contributed by atoms with Crippen LogP contribution in [-0.2, 0) is 11.0 Å². The van der Waals surface area contributed by atoms with E-state index in [1.54, 1.807) is 0 Å². The van der Waals surface area contributed by atoms with Crippen LogP contribution in [0.4, 0.5) is 18.9 Å². The number of hydrogen-bond donors (Lipinski definition) is 2. The first kappa shape index (κ1) is 22.7. The number of pyridine rings is 1. The summed E-state index contributed by atoms with van der Waals surface area (Å²) in [6.07, 6.45) is -3.16. The van der Waals surface area contributed by atoms with Gasteiger partial charge in [-0.25, -0.2) is 0 Å². The van der Waals surface area contributed by atoms with Gasteiger partial charge in [-0.2, -0.15) is 13.2 Å². The van der Waals surface area contributed by atoms with E-state index < -0.39 is 23.3 Å². The minimum atomic E-state index is -4.56. The number of amides is 2. The number of aromatic nitrogens is 1. The summed E-state index contributed by atoms with van der Waals surface area (Å²) in [6.45, 7) is 4.60. The molecule has 0 spiro atoms. The third kappa shape index (κ3) is 5.22. The van der Waals surface area contributed by atoms with Crippen molar-refractivity contribution in [2.24, 2.45) is 5.73 Å². The van der Waals surface area contributed by atoms with E-state index in [1.807, 2.05) is 24.3 Å². The lowest BCUT2D eigenvalue weighted by atomic mass is 9.87. The molecule has 3 rings (SSSR count). The molecule has 1 aromatic carbocycles. The highest BCUT2D eigenvalue weighted by molar-refractivity contribution is 5.98. The molecular formula is C22H25F3N4O2. The van der Waals surface area contributed by atoms with Gasteiger partial charge < -0.3 is 16.0 Å². The van der Waals surface area contributed by atoms with Gasteiger partial charge in [-0.05, 0) is 48.6 Å². The summed E-state index contributed by atoms with van der Waals surface area (Å²) in [4.78, 5) is 30.1. The molecule has 1 fully saturated rings. The fraction of sp³-hybridized carbons (Fsp3) is 0.409. The van der Waals surface area contributed by atoms with Crippen LogP contribution in [0.1, 0.15) is 54.2 Å². The van der Waals surface area contributed by atoms with E-state index in [-0.39, 0.29) is 37.4 Å². The molecule has 1 saturated heterocycles. The molecule has 1 aromatic heterocycles. The summed E-state index contributed by atoms with van der Waals surface area (Å²) in [6, 6.07) is 9.43. The van der Waals surface area contributed by atoms with Crippen molar-refractivity contribution in [3.63, 3.8) is 0 Å². The Morgan fingerprint density at radius 3 is 2.19 bits per heavy atom. The van der Waals surface area contributed by atoms with Crippen molar-refractivity contribution in [2.45, 2.75) is 44.3 Å². The summed E-state index contributed by atoms with van der Waals surface area (Å²) in [5.41, 5.74) is 5.99. The molecule has 0 unspecified atom stereocenters. The molecule has 2 amide bonds. The van der Waals surface area contributed by atoms with Crippen LogP contribution in [0.15, 0.2) is 42.6 Å². The Morgan fingerprint density at radius 1 is 1.10 bits per heavy atom.